The van der Waals surface area contributed by atoms with Crippen molar-refractivity contribution in [2.24, 2.45) is 11.8 Å². The van der Waals surface area contributed by atoms with Gasteiger partial charge in [0.25, 0.3) is 0 Å². The minimum Gasteiger partial charge on any atom is -0.496 e. The third-order valence-corrected chi connectivity index (χ3v) is 6.44. The largest absolute Gasteiger partial charge is 0.496 e. The number of benzene rings is 1. The van der Waals surface area contributed by atoms with E-state index in [4.69, 9.17) is 4.74 Å². The van der Waals surface area contributed by atoms with E-state index in [0.717, 1.165) is 10.0 Å². The van der Waals surface area contributed by atoms with Crippen LogP contribution in [0.25, 0.3) is 0 Å². The number of carbonyl (C=O) groups excluding carboxylic acids is 1. The van der Waals surface area contributed by atoms with Gasteiger partial charge in [0.15, 0.2) is 9.84 Å². The number of sulfone groups is 1. The molecule has 0 amide bonds. The van der Waals surface area contributed by atoms with Gasteiger partial charge in [-0.3, -0.25) is 4.79 Å². The zero-order chi connectivity index (χ0) is 17.2. The Morgan fingerprint density at radius 3 is 2.61 bits per heavy atom. The molecule has 0 saturated carbocycles. The van der Waals surface area contributed by atoms with Crippen LogP contribution >= 0.6 is 15.9 Å². The van der Waals surface area contributed by atoms with Crippen molar-refractivity contribution in [2.45, 2.75) is 12.5 Å². The summed E-state index contributed by atoms with van der Waals surface area (Å²) >= 11 is 3.38. The molecule has 1 fully saturated rings. The molecule has 1 heterocycles. The van der Waals surface area contributed by atoms with Crippen LogP contribution < -0.4 is 4.74 Å². The molecule has 1 aromatic carbocycles. The van der Waals surface area contributed by atoms with E-state index in [0.29, 0.717) is 12.2 Å². The van der Waals surface area contributed by atoms with E-state index in [9.17, 15) is 18.3 Å². The van der Waals surface area contributed by atoms with Crippen molar-refractivity contribution < 1.29 is 27.8 Å². The number of aliphatic hydroxyl groups is 1. The Hall–Kier alpha value is -1.12. The Morgan fingerprint density at radius 1 is 1.35 bits per heavy atom. The summed E-state index contributed by atoms with van der Waals surface area (Å²) in [6.07, 6.45) is -0.705. The summed E-state index contributed by atoms with van der Waals surface area (Å²) in [5.74, 6) is -2.14. The highest BCUT2D eigenvalue weighted by Crippen LogP contribution is 2.31. The van der Waals surface area contributed by atoms with Crippen LogP contribution in [0.1, 0.15) is 5.56 Å². The van der Waals surface area contributed by atoms with Gasteiger partial charge < -0.3 is 14.6 Å². The first-order valence-electron chi connectivity index (χ1n) is 7.06. The number of rotatable bonds is 4. The van der Waals surface area contributed by atoms with E-state index in [2.05, 4.69) is 20.7 Å². The predicted molar refractivity (Wildman–Crippen MR) is 88.1 cm³/mol. The molecule has 128 valence electrons. The van der Waals surface area contributed by atoms with Crippen LogP contribution in [0.15, 0.2) is 22.7 Å². The molecule has 1 aliphatic rings. The van der Waals surface area contributed by atoms with Crippen molar-refractivity contribution in [3.05, 3.63) is 28.2 Å². The Kier molecular flexibility index (Phi) is 5.70. The molecule has 0 spiro atoms. The quantitative estimate of drug-likeness (QED) is 0.755. The number of carbonyl (C=O) groups is 1. The van der Waals surface area contributed by atoms with Gasteiger partial charge in [0, 0.05) is 5.92 Å². The number of ether oxygens (including phenoxy) is 2. The first-order valence-corrected chi connectivity index (χ1v) is 9.67. The second kappa shape index (κ2) is 7.19. The van der Waals surface area contributed by atoms with Crippen LogP contribution in [0.2, 0.25) is 0 Å². The lowest BCUT2D eigenvalue weighted by atomic mass is 9.88. The summed E-state index contributed by atoms with van der Waals surface area (Å²) < 4.78 is 34.6. The highest BCUT2D eigenvalue weighted by molar-refractivity contribution is 9.10. The molecule has 3 unspecified atom stereocenters. The van der Waals surface area contributed by atoms with Crippen LogP contribution in [0, 0.1) is 11.8 Å². The van der Waals surface area contributed by atoms with E-state index in [-0.39, 0.29) is 11.5 Å². The molecule has 1 N–H and O–H groups in total. The third kappa shape index (κ3) is 4.24. The molecule has 1 aliphatic heterocycles. The summed E-state index contributed by atoms with van der Waals surface area (Å²) in [5, 5.41) is 10.4. The van der Waals surface area contributed by atoms with E-state index < -0.39 is 33.7 Å². The molecule has 1 aromatic rings. The second-order valence-electron chi connectivity index (χ2n) is 5.63. The number of hydrogen-bond donors (Lipinski definition) is 1. The average Bonchev–Trinajstić information content (AvgIpc) is 2.49. The molecule has 2 rings (SSSR count). The minimum absolute atomic E-state index is 0.148. The van der Waals surface area contributed by atoms with Crippen molar-refractivity contribution in [1.82, 2.24) is 0 Å². The number of methoxy groups -OCH3 is 2. The highest BCUT2D eigenvalue weighted by atomic mass is 79.9. The first-order chi connectivity index (χ1) is 10.8. The zero-order valence-electron chi connectivity index (χ0n) is 12.9. The number of halogens is 1. The monoisotopic (exact) mass is 406 g/mol. The van der Waals surface area contributed by atoms with Crippen molar-refractivity contribution in [2.75, 3.05) is 25.7 Å². The fraction of sp³-hybridized carbons (Fsp3) is 0.533. The molecule has 1 saturated heterocycles. The molecule has 6 nitrogen and oxygen atoms in total. The van der Waals surface area contributed by atoms with Gasteiger partial charge in [0.1, 0.15) is 5.75 Å². The lowest BCUT2D eigenvalue weighted by Crippen LogP contribution is -2.48. The second-order valence-corrected chi connectivity index (χ2v) is 8.64. The average molecular weight is 407 g/mol. The van der Waals surface area contributed by atoms with Gasteiger partial charge in [-0.1, -0.05) is 6.07 Å². The topological polar surface area (TPSA) is 89.9 Å². The maximum atomic E-state index is 12.0. The zero-order valence-corrected chi connectivity index (χ0v) is 15.3. The van der Waals surface area contributed by atoms with E-state index in [1.807, 2.05) is 12.1 Å². The van der Waals surface area contributed by atoms with E-state index >= 15 is 0 Å². The van der Waals surface area contributed by atoms with Crippen molar-refractivity contribution in [3.63, 3.8) is 0 Å². The fourth-order valence-electron chi connectivity index (χ4n) is 2.87. The molecule has 0 bridgehead atoms. The Morgan fingerprint density at radius 2 is 2.04 bits per heavy atom. The molecule has 0 radical (unpaired) electrons. The Bertz CT molecular complexity index is 687. The summed E-state index contributed by atoms with van der Waals surface area (Å²) in [7, 11) is -0.669. The Labute approximate surface area is 143 Å². The van der Waals surface area contributed by atoms with Gasteiger partial charge in [-0.05, 0) is 40.0 Å². The van der Waals surface area contributed by atoms with Gasteiger partial charge in [-0.2, -0.15) is 0 Å². The minimum atomic E-state index is -3.41. The number of esters is 1. The van der Waals surface area contributed by atoms with Crippen LogP contribution in [0.3, 0.4) is 0 Å². The Balaban J connectivity index is 2.23. The highest BCUT2D eigenvalue weighted by Gasteiger charge is 2.43. The molecular formula is C15H19BrO6S. The summed E-state index contributed by atoms with van der Waals surface area (Å²) in [6.45, 7) is 0. The third-order valence-electron chi connectivity index (χ3n) is 4.01. The smallest absolute Gasteiger partial charge is 0.312 e. The van der Waals surface area contributed by atoms with E-state index in [1.165, 1.54) is 7.11 Å². The lowest BCUT2D eigenvalue weighted by molar-refractivity contribution is -0.149. The SMILES string of the molecule is COC(=O)C1CS(=O)(=O)CC(Cc2ccc(OC)c(Br)c2)C1O. The van der Waals surface area contributed by atoms with Gasteiger partial charge in [0.05, 0.1) is 42.2 Å². The summed E-state index contributed by atoms with van der Waals surface area (Å²) in [4.78, 5) is 11.7. The normalized spacial score (nSPS) is 26.5. The maximum absolute atomic E-state index is 12.0. The van der Waals surface area contributed by atoms with Crippen molar-refractivity contribution in [3.8, 4) is 5.75 Å². The standard InChI is InChI=1S/C15H19BrO6S/c1-21-13-4-3-9(6-12(13)16)5-10-7-23(19,20)8-11(14(10)17)15(18)22-2/h3-4,6,10-11,14,17H,5,7-8H2,1-2H3. The van der Waals surface area contributed by atoms with Gasteiger partial charge >= 0.3 is 5.97 Å². The number of hydrogen-bond acceptors (Lipinski definition) is 6. The van der Waals surface area contributed by atoms with Crippen molar-refractivity contribution in [1.29, 1.82) is 0 Å². The van der Waals surface area contributed by atoms with Crippen LogP contribution in [-0.4, -0.2) is 51.3 Å². The van der Waals surface area contributed by atoms with Crippen LogP contribution in [0.5, 0.6) is 5.75 Å². The first kappa shape index (κ1) is 18.2. The van der Waals surface area contributed by atoms with Gasteiger partial charge in [0.2, 0.25) is 0 Å². The molecule has 0 aliphatic carbocycles. The van der Waals surface area contributed by atoms with E-state index in [1.54, 1.807) is 13.2 Å². The summed E-state index contributed by atoms with van der Waals surface area (Å²) in [5.41, 5.74) is 0.849. The summed E-state index contributed by atoms with van der Waals surface area (Å²) in [6, 6.07) is 5.39. The fourth-order valence-corrected chi connectivity index (χ4v) is 5.44. The maximum Gasteiger partial charge on any atom is 0.312 e. The molecule has 3 atom stereocenters. The molecular weight excluding hydrogens is 388 g/mol. The van der Waals surface area contributed by atoms with Crippen molar-refractivity contribution >= 4 is 31.7 Å². The van der Waals surface area contributed by atoms with Gasteiger partial charge in [-0.25, -0.2) is 8.42 Å². The molecule has 23 heavy (non-hydrogen) atoms. The number of aliphatic hydroxyl groups excluding tert-OH is 1. The molecule has 8 heteroatoms. The predicted octanol–water partition coefficient (Wildman–Crippen LogP) is 1.19. The van der Waals surface area contributed by atoms with Crippen LogP contribution in [0.4, 0.5) is 0 Å². The van der Waals surface area contributed by atoms with Crippen LogP contribution in [-0.2, 0) is 25.8 Å². The van der Waals surface area contributed by atoms with Gasteiger partial charge in [-0.15, -0.1) is 0 Å². The molecule has 0 aromatic heterocycles. The lowest BCUT2D eigenvalue weighted by Gasteiger charge is -2.33.